The zero-order valence-corrected chi connectivity index (χ0v) is 9.34. The first kappa shape index (κ1) is 10.7. The minimum absolute atomic E-state index is 0.926. The second-order valence-electron chi connectivity index (χ2n) is 4.49. The molecule has 0 bridgehead atoms. The van der Waals surface area contributed by atoms with Crippen molar-refractivity contribution in [3.05, 3.63) is 18.2 Å². The highest BCUT2D eigenvalue weighted by molar-refractivity contribution is 4.87. The normalized spacial score (nSPS) is 18.1. The standard InChI is InChI=1S/C12H21N3/c1-2-4-11(5-3-1)10-13-7-6-12-14-8-9-15-12/h8-9,11,13H,1-7,10H2,(H,14,15). The second kappa shape index (κ2) is 5.91. The summed E-state index contributed by atoms with van der Waals surface area (Å²) < 4.78 is 0. The van der Waals surface area contributed by atoms with Crippen molar-refractivity contribution in [3.8, 4) is 0 Å². The zero-order chi connectivity index (χ0) is 10.3. The SMILES string of the molecule is c1c[nH]c(CCNCC2CCCCC2)n1. The molecule has 1 aliphatic rings. The van der Waals surface area contributed by atoms with Gasteiger partial charge in [0.05, 0.1) is 0 Å². The molecule has 84 valence electrons. The Morgan fingerprint density at radius 1 is 1.33 bits per heavy atom. The van der Waals surface area contributed by atoms with Crippen LogP contribution in [0.15, 0.2) is 12.4 Å². The van der Waals surface area contributed by atoms with E-state index < -0.39 is 0 Å². The number of rotatable bonds is 5. The van der Waals surface area contributed by atoms with Gasteiger partial charge in [-0.3, -0.25) is 0 Å². The van der Waals surface area contributed by atoms with Crippen molar-refractivity contribution in [1.82, 2.24) is 15.3 Å². The lowest BCUT2D eigenvalue weighted by molar-refractivity contribution is 0.343. The van der Waals surface area contributed by atoms with Crippen molar-refractivity contribution in [2.45, 2.75) is 38.5 Å². The summed E-state index contributed by atoms with van der Waals surface area (Å²) in [5.41, 5.74) is 0. The maximum atomic E-state index is 4.21. The van der Waals surface area contributed by atoms with Gasteiger partial charge in [0.15, 0.2) is 0 Å². The van der Waals surface area contributed by atoms with Gasteiger partial charge < -0.3 is 10.3 Å². The first-order valence-corrected chi connectivity index (χ1v) is 6.14. The highest BCUT2D eigenvalue weighted by atomic mass is 14.9. The Labute approximate surface area is 91.7 Å². The van der Waals surface area contributed by atoms with E-state index in [9.17, 15) is 0 Å². The smallest absolute Gasteiger partial charge is 0.107 e. The topological polar surface area (TPSA) is 40.7 Å². The number of aromatic amines is 1. The molecule has 1 aliphatic carbocycles. The zero-order valence-electron chi connectivity index (χ0n) is 9.34. The summed E-state index contributed by atoms with van der Waals surface area (Å²) >= 11 is 0. The van der Waals surface area contributed by atoms with Crippen LogP contribution in [0.5, 0.6) is 0 Å². The highest BCUT2D eigenvalue weighted by Gasteiger charge is 2.12. The summed E-state index contributed by atoms with van der Waals surface area (Å²) in [5, 5.41) is 3.53. The van der Waals surface area contributed by atoms with Gasteiger partial charge in [0.1, 0.15) is 5.82 Å². The van der Waals surface area contributed by atoms with Crippen molar-refractivity contribution >= 4 is 0 Å². The van der Waals surface area contributed by atoms with Crippen molar-refractivity contribution in [3.63, 3.8) is 0 Å². The van der Waals surface area contributed by atoms with Gasteiger partial charge in [0.25, 0.3) is 0 Å². The van der Waals surface area contributed by atoms with Gasteiger partial charge in [0, 0.05) is 25.4 Å². The quantitative estimate of drug-likeness (QED) is 0.726. The van der Waals surface area contributed by atoms with Crippen LogP contribution in [0.2, 0.25) is 0 Å². The molecule has 1 heterocycles. The molecular weight excluding hydrogens is 186 g/mol. The molecule has 0 atom stereocenters. The molecule has 0 aromatic carbocycles. The monoisotopic (exact) mass is 207 g/mol. The van der Waals surface area contributed by atoms with Crippen LogP contribution in [-0.4, -0.2) is 23.1 Å². The molecule has 0 spiro atoms. The number of aromatic nitrogens is 2. The largest absolute Gasteiger partial charge is 0.349 e. The Balaban J connectivity index is 1.54. The summed E-state index contributed by atoms with van der Waals surface area (Å²) in [6.07, 6.45) is 11.9. The van der Waals surface area contributed by atoms with E-state index >= 15 is 0 Å². The molecule has 3 heteroatoms. The lowest BCUT2D eigenvalue weighted by atomic mass is 9.89. The predicted octanol–water partition coefficient (Wildman–Crippen LogP) is 2.12. The lowest BCUT2D eigenvalue weighted by Crippen LogP contribution is -2.26. The minimum Gasteiger partial charge on any atom is -0.349 e. The average molecular weight is 207 g/mol. The first-order chi connectivity index (χ1) is 7.45. The van der Waals surface area contributed by atoms with Gasteiger partial charge in [-0.1, -0.05) is 19.3 Å². The molecule has 1 aromatic heterocycles. The van der Waals surface area contributed by atoms with Gasteiger partial charge in [-0.15, -0.1) is 0 Å². The molecule has 0 radical (unpaired) electrons. The molecule has 0 amide bonds. The Morgan fingerprint density at radius 2 is 2.20 bits per heavy atom. The van der Waals surface area contributed by atoms with Gasteiger partial charge in [0.2, 0.25) is 0 Å². The van der Waals surface area contributed by atoms with Crippen molar-refractivity contribution in [2.75, 3.05) is 13.1 Å². The average Bonchev–Trinajstić information content (AvgIpc) is 2.79. The van der Waals surface area contributed by atoms with Crippen molar-refractivity contribution in [2.24, 2.45) is 5.92 Å². The van der Waals surface area contributed by atoms with Gasteiger partial charge in [-0.25, -0.2) is 4.98 Å². The number of nitrogens with one attached hydrogen (secondary N) is 2. The van der Waals surface area contributed by atoms with E-state index in [4.69, 9.17) is 0 Å². The van der Waals surface area contributed by atoms with Crippen LogP contribution in [-0.2, 0) is 6.42 Å². The fourth-order valence-electron chi connectivity index (χ4n) is 2.34. The van der Waals surface area contributed by atoms with Crippen LogP contribution in [0, 0.1) is 5.92 Å². The minimum atomic E-state index is 0.926. The summed E-state index contributed by atoms with van der Waals surface area (Å²) in [7, 11) is 0. The Kier molecular flexibility index (Phi) is 4.21. The van der Waals surface area contributed by atoms with E-state index in [1.165, 1.54) is 38.6 Å². The maximum absolute atomic E-state index is 4.21. The number of hydrogen-bond donors (Lipinski definition) is 2. The Hall–Kier alpha value is -0.830. The van der Waals surface area contributed by atoms with E-state index in [2.05, 4.69) is 15.3 Å². The van der Waals surface area contributed by atoms with Gasteiger partial charge in [-0.05, 0) is 25.3 Å². The van der Waals surface area contributed by atoms with Gasteiger partial charge in [-0.2, -0.15) is 0 Å². The molecule has 15 heavy (non-hydrogen) atoms. The summed E-state index contributed by atoms with van der Waals surface area (Å²) in [6.45, 7) is 2.24. The summed E-state index contributed by atoms with van der Waals surface area (Å²) in [5.74, 6) is 2.02. The molecule has 1 aromatic rings. The Morgan fingerprint density at radius 3 is 2.93 bits per heavy atom. The number of H-pyrrole nitrogens is 1. The third-order valence-corrected chi connectivity index (χ3v) is 3.25. The summed E-state index contributed by atoms with van der Waals surface area (Å²) in [4.78, 5) is 7.33. The second-order valence-corrected chi connectivity index (χ2v) is 4.49. The first-order valence-electron chi connectivity index (χ1n) is 6.14. The third-order valence-electron chi connectivity index (χ3n) is 3.25. The van der Waals surface area contributed by atoms with E-state index in [1.807, 2.05) is 12.4 Å². The van der Waals surface area contributed by atoms with Crippen LogP contribution in [0.3, 0.4) is 0 Å². The van der Waals surface area contributed by atoms with E-state index in [-0.39, 0.29) is 0 Å². The fourth-order valence-corrected chi connectivity index (χ4v) is 2.34. The van der Waals surface area contributed by atoms with Crippen LogP contribution in [0.4, 0.5) is 0 Å². The number of hydrogen-bond acceptors (Lipinski definition) is 2. The fraction of sp³-hybridized carbons (Fsp3) is 0.750. The van der Waals surface area contributed by atoms with E-state index in [0.29, 0.717) is 0 Å². The molecule has 2 rings (SSSR count). The van der Waals surface area contributed by atoms with Crippen LogP contribution >= 0.6 is 0 Å². The highest BCUT2D eigenvalue weighted by Crippen LogP contribution is 2.22. The third kappa shape index (κ3) is 3.67. The molecule has 1 saturated carbocycles. The van der Waals surface area contributed by atoms with E-state index in [1.54, 1.807) is 0 Å². The number of nitrogens with zero attached hydrogens (tertiary/aromatic N) is 1. The molecular formula is C12H21N3. The van der Waals surface area contributed by atoms with Gasteiger partial charge >= 0.3 is 0 Å². The Bertz CT molecular complexity index is 250. The maximum Gasteiger partial charge on any atom is 0.107 e. The molecule has 0 unspecified atom stereocenters. The molecule has 0 aliphatic heterocycles. The molecule has 1 fully saturated rings. The predicted molar refractivity (Wildman–Crippen MR) is 61.7 cm³/mol. The van der Waals surface area contributed by atoms with Crippen LogP contribution < -0.4 is 5.32 Å². The number of imidazole rings is 1. The van der Waals surface area contributed by atoms with Crippen LogP contribution in [0.1, 0.15) is 37.9 Å². The molecule has 0 saturated heterocycles. The molecule has 2 N–H and O–H groups in total. The van der Waals surface area contributed by atoms with E-state index in [0.717, 1.165) is 24.7 Å². The van der Waals surface area contributed by atoms with Crippen molar-refractivity contribution in [1.29, 1.82) is 0 Å². The van der Waals surface area contributed by atoms with Crippen molar-refractivity contribution < 1.29 is 0 Å². The molecule has 3 nitrogen and oxygen atoms in total. The summed E-state index contributed by atoms with van der Waals surface area (Å²) in [6, 6.07) is 0. The lowest BCUT2D eigenvalue weighted by Gasteiger charge is -2.21. The van der Waals surface area contributed by atoms with Crippen LogP contribution in [0.25, 0.3) is 0 Å².